The van der Waals surface area contributed by atoms with E-state index >= 15 is 0 Å². The van der Waals surface area contributed by atoms with Gasteiger partial charge in [0.2, 0.25) is 5.91 Å². The van der Waals surface area contributed by atoms with Crippen molar-refractivity contribution in [2.45, 2.75) is 25.7 Å². The average molecular weight is 405 g/mol. The first-order chi connectivity index (χ1) is 13.0. The van der Waals surface area contributed by atoms with Gasteiger partial charge in [-0.05, 0) is 37.1 Å². The van der Waals surface area contributed by atoms with Gasteiger partial charge >= 0.3 is 0 Å². The van der Waals surface area contributed by atoms with Crippen LogP contribution in [0.5, 0.6) is 0 Å². The van der Waals surface area contributed by atoms with Crippen LogP contribution in [0.15, 0.2) is 42.5 Å². The molecule has 5 nitrogen and oxygen atoms in total. The Morgan fingerprint density at radius 3 is 2.22 bits per heavy atom. The zero-order valence-corrected chi connectivity index (χ0v) is 16.0. The molecule has 3 rings (SSSR count). The fourth-order valence-corrected chi connectivity index (χ4v) is 3.34. The smallest absolute Gasteiger partial charge is 0.261 e. The standard InChI is InChI=1S/C20H18Cl2N2O3/c21-15-9-6-10-16(18(15)22)23-17(25)11-2-1-5-12-24-19(26)13-7-3-4-8-14(13)20(24)27/h3-4,6-10H,1-2,5,11-12H2,(H,23,25). The van der Waals surface area contributed by atoms with E-state index in [1.807, 2.05) is 0 Å². The molecule has 3 amide bonds. The van der Waals surface area contributed by atoms with E-state index in [9.17, 15) is 14.4 Å². The lowest BCUT2D eigenvalue weighted by molar-refractivity contribution is -0.116. The highest BCUT2D eigenvalue weighted by Crippen LogP contribution is 2.29. The van der Waals surface area contributed by atoms with Gasteiger partial charge in [0.1, 0.15) is 0 Å². The van der Waals surface area contributed by atoms with Gasteiger partial charge in [0, 0.05) is 13.0 Å². The van der Waals surface area contributed by atoms with Gasteiger partial charge in [-0.2, -0.15) is 0 Å². The van der Waals surface area contributed by atoms with Crippen molar-refractivity contribution < 1.29 is 14.4 Å². The van der Waals surface area contributed by atoms with Crippen LogP contribution in [0.4, 0.5) is 5.69 Å². The molecule has 2 aromatic rings. The number of hydrogen-bond donors (Lipinski definition) is 1. The van der Waals surface area contributed by atoms with Crippen molar-refractivity contribution in [3.05, 3.63) is 63.6 Å². The first-order valence-corrected chi connectivity index (χ1v) is 9.43. The van der Waals surface area contributed by atoms with E-state index < -0.39 is 0 Å². The molecule has 1 N–H and O–H groups in total. The molecular formula is C20H18Cl2N2O3. The summed E-state index contributed by atoms with van der Waals surface area (Å²) in [5, 5.41) is 3.44. The predicted octanol–water partition coefficient (Wildman–Crippen LogP) is 4.79. The topological polar surface area (TPSA) is 66.5 Å². The molecule has 0 radical (unpaired) electrons. The molecule has 0 aliphatic carbocycles. The van der Waals surface area contributed by atoms with Crippen molar-refractivity contribution in [2.24, 2.45) is 0 Å². The van der Waals surface area contributed by atoms with Crippen LogP contribution in [0, 0.1) is 0 Å². The first kappa shape index (κ1) is 19.4. The molecular weight excluding hydrogens is 387 g/mol. The minimum absolute atomic E-state index is 0.153. The lowest BCUT2D eigenvalue weighted by Crippen LogP contribution is -2.30. The average Bonchev–Trinajstić information content (AvgIpc) is 2.90. The SMILES string of the molecule is O=C(CCCCCN1C(=O)c2ccccc2C1=O)Nc1cccc(Cl)c1Cl. The molecule has 0 saturated heterocycles. The Kier molecular flexibility index (Phi) is 6.14. The van der Waals surface area contributed by atoms with Gasteiger partial charge in [-0.25, -0.2) is 0 Å². The third-order valence-electron chi connectivity index (χ3n) is 4.39. The quantitative estimate of drug-likeness (QED) is 0.532. The van der Waals surface area contributed by atoms with E-state index in [-0.39, 0.29) is 17.7 Å². The van der Waals surface area contributed by atoms with Crippen molar-refractivity contribution in [1.82, 2.24) is 4.90 Å². The number of amides is 3. The van der Waals surface area contributed by atoms with E-state index in [1.54, 1.807) is 42.5 Å². The predicted molar refractivity (Wildman–Crippen MR) is 105 cm³/mol. The second-order valence-corrected chi connectivity index (χ2v) is 7.05. The molecule has 0 aromatic heterocycles. The van der Waals surface area contributed by atoms with Gasteiger partial charge in [-0.3, -0.25) is 19.3 Å². The largest absolute Gasteiger partial charge is 0.325 e. The minimum atomic E-state index is -0.246. The summed E-state index contributed by atoms with van der Waals surface area (Å²) in [7, 11) is 0. The number of rotatable bonds is 7. The molecule has 1 aliphatic heterocycles. The fourth-order valence-electron chi connectivity index (χ4n) is 2.99. The summed E-state index contributed by atoms with van der Waals surface area (Å²) < 4.78 is 0. The van der Waals surface area contributed by atoms with Crippen molar-refractivity contribution in [3.8, 4) is 0 Å². The number of carbonyl (C=O) groups excluding carboxylic acids is 3. The number of halogens is 2. The number of hydrogen-bond acceptors (Lipinski definition) is 3. The Bertz CT molecular complexity index is 864. The lowest BCUT2D eigenvalue weighted by Gasteiger charge is -2.13. The molecule has 0 atom stereocenters. The second kappa shape index (κ2) is 8.55. The molecule has 27 heavy (non-hydrogen) atoms. The fraction of sp³-hybridized carbons (Fsp3) is 0.250. The van der Waals surface area contributed by atoms with Gasteiger partial charge < -0.3 is 5.32 Å². The highest BCUT2D eigenvalue weighted by Gasteiger charge is 2.34. The van der Waals surface area contributed by atoms with Crippen LogP contribution in [0.1, 0.15) is 46.4 Å². The number of imide groups is 1. The third-order valence-corrected chi connectivity index (χ3v) is 5.21. The molecule has 0 unspecified atom stereocenters. The maximum atomic E-state index is 12.3. The number of carbonyl (C=O) groups is 3. The Morgan fingerprint density at radius 2 is 1.56 bits per heavy atom. The molecule has 0 fully saturated rings. The molecule has 0 bridgehead atoms. The van der Waals surface area contributed by atoms with Crippen LogP contribution in [0.25, 0.3) is 0 Å². The summed E-state index contributed by atoms with van der Waals surface area (Å²) in [6, 6.07) is 11.9. The molecule has 1 heterocycles. The van der Waals surface area contributed by atoms with Crippen LogP contribution < -0.4 is 5.32 Å². The summed E-state index contributed by atoms with van der Waals surface area (Å²) in [5.41, 5.74) is 1.40. The number of anilines is 1. The molecule has 140 valence electrons. The highest BCUT2D eigenvalue weighted by atomic mass is 35.5. The summed E-state index contributed by atoms with van der Waals surface area (Å²) in [6.45, 7) is 0.355. The zero-order valence-electron chi connectivity index (χ0n) is 14.5. The van der Waals surface area contributed by atoms with Crippen molar-refractivity contribution in [3.63, 3.8) is 0 Å². The van der Waals surface area contributed by atoms with E-state index in [4.69, 9.17) is 23.2 Å². The summed E-state index contributed by atoms with van der Waals surface area (Å²) in [6.07, 6.45) is 2.35. The van der Waals surface area contributed by atoms with E-state index in [1.165, 1.54) is 4.90 Å². The number of nitrogens with zero attached hydrogens (tertiary/aromatic N) is 1. The molecule has 0 saturated carbocycles. The zero-order chi connectivity index (χ0) is 19.4. The Hall–Kier alpha value is -2.37. The summed E-state index contributed by atoms with van der Waals surface area (Å²) >= 11 is 12.0. The minimum Gasteiger partial charge on any atom is -0.325 e. The van der Waals surface area contributed by atoms with Crippen molar-refractivity contribution in [1.29, 1.82) is 0 Å². The number of unbranched alkanes of at least 4 members (excludes halogenated alkanes) is 2. The van der Waals surface area contributed by atoms with Gasteiger partial charge in [0.15, 0.2) is 0 Å². The molecule has 0 spiro atoms. The van der Waals surface area contributed by atoms with Crippen molar-refractivity contribution >= 4 is 46.6 Å². The van der Waals surface area contributed by atoms with E-state index in [0.717, 1.165) is 6.42 Å². The van der Waals surface area contributed by atoms with Crippen LogP contribution >= 0.6 is 23.2 Å². The number of nitrogens with one attached hydrogen (secondary N) is 1. The molecule has 1 aliphatic rings. The monoisotopic (exact) mass is 404 g/mol. The maximum Gasteiger partial charge on any atom is 0.261 e. The second-order valence-electron chi connectivity index (χ2n) is 6.27. The van der Waals surface area contributed by atoms with E-state index in [0.29, 0.717) is 52.7 Å². The van der Waals surface area contributed by atoms with Crippen LogP contribution in [-0.4, -0.2) is 29.2 Å². The summed E-state index contributed by atoms with van der Waals surface area (Å²) in [4.78, 5) is 37.8. The van der Waals surface area contributed by atoms with E-state index in [2.05, 4.69) is 5.32 Å². The third kappa shape index (κ3) is 4.31. The Morgan fingerprint density at radius 1 is 0.889 bits per heavy atom. The van der Waals surface area contributed by atoms with Gasteiger partial charge in [0.25, 0.3) is 11.8 Å². The van der Waals surface area contributed by atoms with Gasteiger partial charge in [-0.1, -0.05) is 47.8 Å². The molecule has 7 heteroatoms. The number of benzene rings is 2. The lowest BCUT2D eigenvalue weighted by atomic mass is 10.1. The van der Waals surface area contributed by atoms with Crippen LogP contribution in [0.3, 0.4) is 0 Å². The summed E-state index contributed by atoms with van der Waals surface area (Å²) in [5.74, 6) is -0.646. The maximum absolute atomic E-state index is 12.3. The molecule has 2 aromatic carbocycles. The van der Waals surface area contributed by atoms with Crippen LogP contribution in [0.2, 0.25) is 10.0 Å². The van der Waals surface area contributed by atoms with Gasteiger partial charge in [0.05, 0.1) is 26.9 Å². The Balaban J connectivity index is 1.41. The normalized spacial score (nSPS) is 13.0. The van der Waals surface area contributed by atoms with Gasteiger partial charge in [-0.15, -0.1) is 0 Å². The highest BCUT2D eigenvalue weighted by molar-refractivity contribution is 6.44. The first-order valence-electron chi connectivity index (χ1n) is 8.68. The Labute approximate surface area is 167 Å². The van der Waals surface area contributed by atoms with Crippen molar-refractivity contribution in [2.75, 3.05) is 11.9 Å². The number of fused-ring (bicyclic) bond motifs is 1. The van der Waals surface area contributed by atoms with Crippen LogP contribution in [-0.2, 0) is 4.79 Å².